The van der Waals surface area contributed by atoms with Crippen LogP contribution >= 0.6 is 11.6 Å². The van der Waals surface area contributed by atoms with Gasteiger partial charge in [0.2, 0.25) is 0 Å². The van der Waals surface area contributed by atoms with Gasteiger partial charge in [0.05, 0.1) is 12.8 Å². The van der Waals surface area contributed by atoms with Gasteiger partial charge in [0.25, 0.3) is 11.8 Å². The molecular formula is C21H24ClN3O4. The third kappa shape index (κ3) is 6.50. The highest BCUT2D eigenvalue weighted by atomic mass is 35.5. The van der Waals surface area contributed by atoms with Crippen molar-refractivity contribution < 1.29 is 19.4 Å². The molecule has 7 nitrogen and oxygen atoms in total. The molecule has 1 unspecified atom stereocenters. The van der Waals surface area contributed by atoms with Crippen LogP contribution < -0.4 is 15.5 Å². The van der Waals surface area contributed by atoms with Crippen LogP contribution in [0.4, 0.5) is 0 Å². The number of ether oxygens (including phenoxy) is 1. The number of hydrogen-bond donors (Lipinski definition) is 3. The molecule has 0 spiro atoms. The highest BCUT2D eigenvalue weighted by molar-refractivity contribution is 6.31. The van der Waals surface area contributed by atoms with Crippen LogP contribution in [0.25, 0.3) is 0 Å². The molecule has 0 aliphatic heterocycles. The number of nitrogens with zero attached hydrogens (tertiary/aromatic N) is 1. The van der Waals surface area contributed by atoms with Crippen LogP contribution in [-0.2, 0) is 4.79 Å². The summed E-state index contributed by atoms with van der Waals surface area (Å²) in [6.45, 7) is 5.86. The lowest BCUT2D eigenvalue weighted by molar-refractivity contribution is -0.123. The summed E-state index contributed by atoms with van der Waals surface area (Å²) in [5.41, 5.74) is 3.44. The van der Waals surface area contributed by atoms with Crippen LogP contribution in [0.5, 0.6) is 11.5 Å². The van der Waals surface area contributed by atoms with E-state index in [1.54, 1.807) is 30.3 Å². The lowest BCUT2D eigenvalue weighted by Crippen LogP contribution is -2.48. The maximum atomic E-state index is 12.5. The zero-order chi connectivity index (χ0) is 21.4. The summed E-state index contributed by atoms with van der Waals surface area (Å²) < 4.78 is 5.31. The summed E-state index contributed by atoms with van der Waals surface area (Å²) in [7, 11) is 0. The summed E-state index contributed by atoms with van der Waals surface area (Å²) in [5, 5.41) is 16.8. The first kappa shape index (κ1) is 22.2. The van der Waals surface area contributed by atoms with E-state index in [4.69, 9.17) is 16.3 Å². The first-order valence-electron chi connectivity index (χ1n) is 9.17. The molecule has 0 aromatic heterocycles. The Morgan fingerprint density at radius 1 is 1.24 bits per heavy atom. The Morgan fingerprint density at radius 2 is 2.00 bits per heavy atom. The van der Waals surface area contributed by atoms with Gasteiger partial charge in [-0.2, -0.15) is 5.10 Å². The van der Waals surface area contributed by atoms with Gasteiger partial charge in [-0.1, -0.05) is 31.5 Å². The fraction of sp³-hybridized carbons (Fsp3) is 0.286. The second-order valence-corrected chi connectivity index (χ2v) is 7.04. The molecule has 154 valence electrons. The maximum absolute atomic E-state index is 12.5. The topological polar surface area (TPSA) is 100 Å². The minimum Gasteiger partial charge on any atom is -0.504 e. The van der Waals surface area contributed by atoms with Crippen molar-refractivity contribution in [1.29, 1.82) is 0 Å². The van der Waals surface area contributed by atoms with Crippen molar-refractivity contribution in [2.45, 2.75) is 26.8 Å². The summed E-state index contributed by atoms with van der Waals surface area (Å²) >= 11 is 5.91. The zero-order valence-corrected chi connectivity index (χ0v) is 17.2. The normalized spacial score (nSPS) is 12.0. The van der Waals surface area contributed by atoms with Gasteiger partial charge in [0.15, 0.2) is 11.5 Å². The van der Waals surface area contributed by atoms with E-state index in [1.807, 2.05) is 20.8 Å². The predicted molar refractivity (Wildman–Crippen MR) is 113 cm³/mol. The lowest BCUT2D eigenvalue weighted by Gasteiger charge is -2.20. The van der Waals surface area contributed by atoms with Crippen LogP contribution in [-0.4, -0.2) is 35.8 Å². The number of benzene rings is 2. The first-order valence-corrected chi connectivity index (χ1v) is 9.54. The van der Waals surface area contributed by atoms with Gasteiger partial charge in [0.1, 0.15) is 6.04 Å². The molecule has 0 saturated heterocycles. The van der Waals surface area contributed by atoms with Crippen molar-refractivity contribution in [1.82, 2.24) is 10.7 Å². The van der Waals surface area contributed by atoms with Crippen molar-refractivity contribution in [3.8, 4) is 11.5 Å². The Hall–Kier alpha value is -3.06. The Bertz CT molecular complexity index is 899. The average Bonchev–Trinajstić information content (AvgIpc) is 2.68. The molecule has 0 bridgehead atoms. The van der Waals surface area contributed by atoms with E-state index in [0.717, 1.165) is 0 Å². The number of halogens is 1. The fourth-order valence-corrected chi connectivity index (χ4v) is 2.70. The van der Waals surface area contributed by atoms with Crippen molar-refractivity contribution in [2.75, 3.05) is 6.61 Å². The number of nitrogens with one attached hydrogen (secondary N) is 2. The lowest BCUT2D eigenvalue weighted by atomic mass is 10.0. The second-order valence-electron chi connectivity index (χ2n) is 6.60. The highest BCUT2D eigenvalue weighted by Gasteiger charge is 2.24. The molecule has 0 radical (unpaired) electrons. The summed E-state index contributed by atoms with van der Waals surface area (Å²) in [6.07, 6.45) is 1.43. The molecule has 1 atom stereocenters. The predicted octanol–water partition coefficient (Wildman–Crippen LogP) is 3.35. The Morgan fingerprint density at radius 3 is 2.66 bits per heavy atom. The number of hydrogen-bond acceptors (Lipinski definition) is 5. The maximum Gasteiger partial charge on any atom is 0.262 e. The highest BCUT2D eigenvalue weighted by Crippen LogP contribution is 2.26. The molecule has 2 aromatic carbocycles. The van der Waals surface area contributed by atoms with Crippen molar-refractivity contribution in [3.05, 3.63) is 58.6 Å². The molecule has 0 heterocycles. The molecule has 2 amide bonds. The minimum atomic E-state index is -0.780. The number of amides is 2. The largest absolute Gasteiger partial charge is 0.504 e. The van der Waals surface area contributed by atoms with E-state index in [1.165, 1.54) is 18.3 Å². The van der Waals surface area contributed by atoms with Crippen molar-refractivity contribution in [2.24, 2.45) is 11.0 Å². The third-order valence-electron chi connectivity index (χ3n) is 3.99. The summed E-state index contributed by atoms with van der Waals surface area (Å²) in [4.78, 5) is 24.9. The number of phenolic OH excluding ortho intramolecular Hbond substituents is 1. The van der Waals surface area contributed by atoms with Crippen molar-refractivity contribution >= 4 is 29.6 Å². The molecule has 0 saturated carbocycles. The van der Waals surface area contributed by atoms with Crippen LogP contribution in [0, 0.1) is 5.92 Å². The smallest absolute Gasteiger partial charge is 0.262 e. The van der Waals surface area contributed by atoms with Crippen LogP contribution in [0.2, 0.25) is 5.02 Å². The quantitative estimate of drug-likeness (QED) is 0.453. The third-order valence-corrected chi connectivity index (χ3v) is 4.23. The standard InChI is InChI=1S/C21H24ClN3O4/c1-4-29-18-10-14(8-9-17(18)26)12-23-25-21(28)19(13(2)3)24-20(27)15-6-5-7-16(22)11-15/h5-13,19,26H,4H2,1-3H3,(H,24,27)(H,25,28). The van der Waals surface area contributed by atoms with Gasteiger partial charge in [-0.15, -0.1) is 0 Å². The van der Waals surface area contributed by atoms with Crippen molar-refractivity contribution in [3.63, 3.8) is 0 Å². The molecule has 2 aromatic rings. The minimum absolute atomic E-state index is 0.0247. The van der Waals surface area contributed by atoms with Crippen LogP contribution in [0.1, 0.15) is 36.7 Å². The van der Waals surface area contributed by atoms with Crippen LogP contribution in [0.3, 0.4) is 0 Å². The average molecular weight is 418 g/mol. The van der Waals surface area contributed by atoms with E-state index in [-0.39, 0.29) is 11.7 Å². The molecule has 2 rings (SSSR count). The number of phenols is 1. The van der Waals surface area contributed by atoms with E-state index < -0.39 is 17.9 Å². The number of carbonyl (C=O) groups excluding carboxylic acids is 2. The van der Waals surface area contributed by atoms with E-state index in [0.29, 0.717) is 28.5 Å². The second kappa shape index (κ2) is 10.5. The number of hydrazone groups is 1. The SMILES string of the molecule is CCOc1cc(C=NNC(=O)C(NC(=O)c2cccc(Cl)c2)C(C)C)ccc1O. The molecule has 0 aliphatic carbocycles. The Kier molecular flexibility index (Phi) is 8.03. The molecule has 29 heavy (non-hydrogen) atoms. The summed E-state index contributed by atoms with van der Waals surface area (Å²) in [6, 6.07) is 10.4. The molecule has 0 aliphatic rings. The fourth-order valence-electron chi connectivity index (χ4n) is 2.51. The van der Waals surface area contributed by atoms with E-state index in [2.05, 4.69) is 15.8 Å². The van der Waals surface area contributed by atoms with E-state index >= 15 is 0 Å². The monoisotopic (exact) mass is 417 g/mol. The van der Waals surface area contributed by atoms with Gasteiger partial charge in [-0.3, -0.25) is 9.59 Å². The summed E-state index contributed by atoms with van der Waals surface area (Å²) in [5.74, 6) is -0.652. The van der Waals surface area contributed by atoms with Crippen LogP contribution in [0.15, 0.2) is 47.6 Å². The van der Waals surface area contributed by atoms with Gasteiger partial charge >= 0.3 is 0 Å². The van der Waals surface area contributed by atoms with Gasteiger partial charge in [-0.25, -0.2) is 5.43 Å². The Labute approximate surface area is 174 Å². The molecule has 0 fully saturated rings. The first-order chi connectivity index (χ1) is 13.8. The molecular weight excluding hydrogens is 394 g/mol. The number of carbonyl (C=O) groups is 2. The molecule has 3 N–H and O–H groups in total. The zero-order valence-electron chi connectivity index (χ0n) is 16.5. The Balaban J connectivity index is 2.03. The number of aromatic hydroxyl groups is 1. The van der Waals surface area contributed by atoms with Gasteiger partial charge in [-0.05, 0) is 54.8 Å². The molecule has 8 heteroatoms. The van der Waals surface area contributed by atoms with Gasteiger partial charge < -0.3 is 15.2 Å². The van der Waals surface area contributed by atoms with E-state index in [9.17, 15) is 14.7 Å². The van der Waals surface area contributed by atoms with Gasteiger partial charge in [0, 0.05) is 10.6 Å². The number of rotatable bonds is 8.